The second kappa shape index (κ2) is 10.3. The highest BCUT2D eigenvalue weighted by Gasteiger charge is 2.40. The number of hydrogen-bond acceptors (Lipinski definition) is 8. The number of aromatic nitrogens is 1. The van der Waals surface area contributed by atoms with E-state index >= 15 is 0 Å². The summed E-state index contributed by atoms with van der Waals surface area (Å²) in [5, 5.41) is 15.0. The van der Waals surface area contributed by atoms with E-state index in [1.807, 2.05) is 12.1 Å². The molecule has 2 aliphatic rings. The van der Waals surface area contributed by atoms with Gasteiger partial charge in [-0.25, -0.2) is 13.8 Å². The summed E-state index contributed by atoms with van der Waals surface area (Å²) in [4.78, 5) is 31.2. The molecule has 2 saturated heterocycles. The van der Waals surface area contributed by atoms with E-state index in [4.69, 9.17) is 11.6 Å². The van der Waals surface area contributed by atoms with Gasteiger partial charge in [-0.05, 0) is 60.0 Å². The molecule has 194 valence electrons. The molecule has 2 aliphatic heterocycles. The van der Waals surface area contributed by atoms with E-state index in [0.29, 0.717) is 36.3 Å². The van der Waals surface area contributed by atoms with E-state index < -0.39 is 41.0 Å². The van der Waals surface area contributed by atoms with E-state index in [1.54, 1.807) is 36.7 Å². The molecule has 1 aromatic heterocycles. The van der Waals surface area contributed by atoms with Gasteiger partial charge in [0.15, 0.2) is 0 Å². The summed E-state index contributed by atoms with van der Waals surface area (Å²) in [6, 6.07) is 11.9. The third-order valence-corrected chi connectivity index (χ3v) is 8.84. The van der Waals surface area contributed by atoms with Crippen molar-refractivity contribution in [1.29, 1.82) is 0 Å². The van der Waals surface area contributed by atoms with Crippen LogP contribution in [0.3, 0.4) is 0 Å². The van der Waals surface area contributed by atoms with Crippen LogP contribution >= 0.6 is 11.6 Å². The van der Waals surface area contributed by atoms with Crippen molar-refractivity contribution in [3.63, 3.8) is 0 Å². The Morgan fingerprint density at radius 3 is 2.41 bits per heavy atom. The van der Waals surface area contributed by atoms with Crippen molar-refractivity contribution in [3.8, 4) is 0 Å². The fourth-order valence-corrected chi connectivity index (χ4v) is 6.40. The van der Waals surface area contributed by atoms with Crippen molar-refractivity contribution in [3.05, 3.63) is 65.9 Å². The predicted molar refractivity (Wildman–Crippen MR) is 136 cm³/mol. The minimum atomic E-state index is -4.14. The standard InChI is InChI=1S/C25H26ClN5O5S/c26-19-3-1-18-14-22(4-2-17(18)13-19)37(35,36)30-15-23(25(33)34)31(24(32)16-30)28-20-7-11-29(12-8-20)21-5-9-27-10-6-21/h1-6,9-10,13-14,20,23,28H,7-8,11-12,15-16H2,(H,33,34)/p-1. The lowest BCUT2D eigenvalue weighted by Gasteiger charge is -2.44. The minimum Gasteiger partial charge on any atom is -0.548 e. The summed E-state index contributed by atoms with van der Waals surface area (Å²) in [6.07, 6.45) is 4.80. The summed E-state index contributed by atoms with van der Waals surface area (Å²) >= 11 is 6.01. The summed E-state index contributed by atoms with van der Waals surface area (Å²) < 4.78 is 27.6. The molecule has 0 spiro atoms. The number of nitrogens with one attached hydrogen (secondary N) is 1. The quantitative estimate of drug-likeness (QED) is 0.489. The number of fused-ring (bicyclic) bond motifs is 1. The van der Waals surface area contributed by atoms with Gasteiger partial charge in [0.1, 0.15) is 6.04 Å². The van der Waals surface area contributed by atoms with E-state index in [-0.39, 0.29) is 10.9 Å². The molecule has 2 aromatic carbocycles. The van der Waals surface area contributed by atoms with Crippen LogP contribution in [0.15, 0.2) is 65.8 Å². The zero-order chi connectivity index (χ0) is 26.2. The lowest BCUT2D eigenvalue weighted by molar-refractivity contribution is -0.313. The average Bonchev–Trinajstić information content (AvgIpc) is 2.90. The van der Waals surface area contributed by atoms with Crippen molar-refractivity contribution in [2.45, 2.75) is 29.8 Å². The van der Waals surface area contributed by atoms with Gasteiger partial charge in [-0.15, -0.1) is 0 Å². The van der Waals surface area contributed by atoms with Crippen LogP contribution in [0.4, 0.5) is 5.69 Å². The molecule has 1 atom stereocenters. The molecule has 3 aromatic rings. The van der Waals surface area contributed by atoms with Gasteiger partial charge in [0.25, 0.3) is 5.91 Å². The molecule has 1 N–H and O–H groups in total. The molecule has 3 heterocycles. The number of amides is 1. The van der Waals surface area contributed by atoms with Crippen LogP contribution in [0.5, 0.6) is 0 Å². The van der Waals surface area contributed by atoms with Gasteiger partial charge in [0, 0.05) is 48.8 Å². The summed E-state index contributed by atoms with van der Waals surface area (Å²) in [6.45, 7) is 0.534. The first-order valence-corrected chi connectivity index (χ1v) is 13.7. The molecule has 1 amide bonds. The average molecular weight is 543 g/mol. The number of nitrogens with zero attached hydrogens (tertiary/aromatic N) is 4. The van der Waals surface area contributed by atoms with Gasteiger partial charge in [0.2, 0.25) is 10.0 Å². The third kappa shape index (κ3) is 5.26. The molecule has 0 aliphatic carbocycles. The number of hydrazine groups is 1. The maximum Gasteiger partial charge on any atom is 0.252 e. The monoisotopic (exact) mass is 542 g/mol. The Labute approximate surface area is 219 Å². The second-order valence-electron chi connectivity index (χ2n) is 9.15. The number of carbonyl (C=O) groups is 2. The third-order valence-electron chi connectivity index (χ3n) is 6.80. The second-order valence-corrected chi connectivity index (χ2v) is 11.5. The normalized spacial score (nSPS) is 19.9. The van der Waals surface area contributed by atoms with Gasteiger partial charge in [-0.1, -0.05) is 23.7 Å². The number of aliphatic carboxylic acids is 1. The van der Waals surface area contributed by atoms with E-state index in [9.17, 15) is 23.1 Å². The minimum absolute atomic E-state index is 0.0305. The Kier molecular flexibility index (Phi) is 7.04. The van der Waals surface area contributed by atoms with Crippen LogP contribution in [0, 0.1) is 0 Å². The molecule has 0 saturated carbocycles. The molecule has 0 bridgehead atoms. The number of piperidine rings is 1. The zero-order valence-corrected chi connectivity index (χ0v) is 21.4. The number of carboxylic acid groups (broad SMARTS) is 1. The first-order valence-electron chi connectivity index (χ1n) is 11.9. The first-order chi connectivity index (χ1) is 17.7. The van der Waals surface area contributed by atoms with Gasteiger partial charge < -0.3 is 14.8 Å². The number of anilines is 1. The van der Waals surface area contributed by atoms with Crippen molar-refractivity contribution < 1.29 is 23.1 Å². The Bertz CT molecular complexity index is 1430. The smallest absolute Gasteiger partial charge is 0.252 e. The Morgan fingerprint density at radius 2 is 1.70 bits per heavy atom. The topological polar surface area (TPSA) is 126 Å². The van der Waals surface area contributed by atoms with E-state index in [0.717, 1.165) is 20.4 Å². The Hall–Kier alpha value is -3.25. The number of carbonyl (C=O) groups excluding carboxylic acids is 2. The number of piperazine rings is 1. The van der Waals surface area contributed by atoms with Crippen molar-refractivity contribution in [2.24, 2.45) is 0 Å². The lowest BCUT2D eigenvalue weighted by atomic mass is 10.0. The van der Waals surface area contributed by atoms with Gasteiger partial charge in [-0.3, -0.25) is 14.8 Å². The van der Waals surface area contributed by atoms with Crippen molar-refractivity contribution >= 4 is 50.0 Å². The van der Waals surface area contributed by atoms with E-state index in [2.05, 4.69) is 15.3 Å². The molecular formula is C25H25ClN5O5S-. The van der Waals surface area contributed by atoms with Crippen LogP contribution in [0.2, 0.25) is 5.02 Å². The molecular weight excluding hydrogens is 518 g/mol. The number of benzene rings is 2. The first kappa shape index (κ1) is 25.4. The molecule has 37 heavy (non-hydrogen) atoms. The van der Waals surface area contributed by atoms with E-state index in [1.165, 1.54) is 12.1 Å². The molecule has 12 heteroatoms. The number of carboxylic acids is 1. The Balaban J connectivity index is 1.29. The van der Waals surface area contributed by atoms with Crippen molar-refractivity contribution in [1.82, 2.24) is 19.7 Å². The maximum atomic E-state index is 13.4. The number of hydrogen-bond donors (Lipinski definition) is 1. The summed E-state index contributed by atoms with van der Waals surface area (Å²) in [7, 11) is -4.14. The molecule has 0 radical (unpaired) electrons. The summed E-state index contributed by atoms with van der Waals surface area (Å²) in [5.41, 5.74) is 4.09. The Morgan fingerprint density at radius 1 is 1.03 bits per heavy atom. The van der Waals surface area contributed by atoms with Crippen LogP contribution < -0.4 is 15.4 Å². The highest BCUT2D eigenvalue weighted by Crippen LogP contribution is 2.26. The largest absolute Gasteiger partial charge is 0.548 e. The summed E-state index contributed by atoms with van der Waals surface area (Å²) in [5.74, 6) is -2.17. The van der Waals surface area contributed by atoms with Crippen LogP contribution in [0.1, 0.15) is 12.8 Å². The zero-order valence-electron chi connectivity index (χ0n) is 19.8. The van der Waals surface area contributed by atoms with Crippen LogP contribution in [0.25, 0.3) is 10.8 Å². The lowest BCUT2D eigenvalue weighted by Crippen LogP contribution is -2.68. The number of rotatable bonds is 6. The van der Waals surface area contributed by atoms with Crippen LogP contribution in [-0.2, 0) is 19.6 Å². The molecule has 1 unspecified atom stereocenters. The van der Waals surface area contributed by atoms with Crippen molar-refractivity contribution in [2.75, 3.05) is 31.1 Å². The predicted octanol–water partition coefficient (Wildman–Crippen LogP) is 1.01. The fourth-order valence-electron chi connectivity index (χ4n) is 4.79. The highest BCUT2D eigenvalue weighted by atomic mass is 35.5. The number of sulfonamides is 1. The fraction of sp³-hybridized carbons (Fsp3) is 0.320. The van der Waals surface area contributed by atoms with Crippen LogP contribution in [-0.4, -0.2) is 72.9 Å². The van der Waals surface area contributed by atoms with Gasteiger partial charge in [0.05, 0.1) is 17.4 Å². The SMILES string of the molecule is O=C([O-])C1CN(S(=O)(=O)c2ccc3cc(Cl)ccc3c2)CC(=O)N1NC1CCN(c2ccncc2)CC1. The van der Waals surface area contributed by atoms with Gasteiger partial charge >= 0.3 is 0 Å². The molecule has 5 rings (SSSR count). The highest BCUT2D eigenvalue weighted by molar-refractivity contribution is 7.89. The van der Waals surface area contributed by atoms with Gasteiger partial charge in [-0.2, -0.15) is 4.31 Å². The maximum absolute atomic E-state index is 13.4. The molecule has 10 nitrogen and oxygen atoms in total. The molecule has 2 fully saturated rings. The number of halogens is 1. The number of pyridine rings is 1.